The zero-order valence-corrected chi connectivity index (χ0v) is 14.3. The zero-order chi connectivity index (χ0) is 17.6. The van der Waals surface area contributed by atoms with Crippen LogP contribution >= 0.6 is 0 Å². The largest absolute Gasteiger partial charge is 0.372 e. The van der Waals surface area contributed by atoms with Gasteiger partial charge in [0.1, 0.15) is 12.0 Å². The van der Waals surface area contributed by atoms with E-state index < -0.39 is 5.41 Å². The van der Waals surface area contributed by atoms with Crippen LogP contribution in [0.3, 0.4) is 0 Å². The second-order valence-corrected chi connectivity index (χ2v) is 6.87. The third kappa shape index (κ3) is 2.06. The van der Waals surface area contributed by atoms with Gasteiger partial charge in [0.25, 0.3) is 0 Å². The smallest absolute Gasteiger partial charge is 0.175 e. The van der Waals surface area contributed by atoms with Gasteiger partial charge in [-0.25, -0.2) is 0 Å². The van der Waals surface area contributed by atoms with Crippen LogP contribution in [0.15, 0.2) is 84.9 Å². The summed E-state index contributed by atoms with van der Waals surface area (Å²) in [6, 6.07) is 28.9. The number of fused-ring (bicyclic) bond motifs is 2. The molecule has 1 aliphatic heterocycles. The van der Waals surface area contributed by atoms with Crippen LogP contribution in [-0.2, 0) is 14.9 Å². The predicted molar refractivity (Wildman–Crippen MR) is 103 cm³/mol. The molecule has 0 aromatic rings. The third-order valence-corrected chi connectivity index (χ3v) is 5.53. The normalized spacial score (nSPS) is 16.4. The molecule has 0 aromatic heterocycles. The molecular formula is C24H18O2. The van der Waals surface area contributed by atoms with E-state index in [1.807, 2.05) is 36.4 Å². The summed E-state index contributed by atoms with van der Waals surface area (Å²) in [5.41, 5.74) is 5.87. The van der Waals surface area contributed by atoms with Crippen LogP contribution in [0, 0.1) is 0 Å². The molecule has 1 fully saturated rings. The summed E-state index contributed by atoms with van der Waals surface area (Å²) in [6.45, 7) is 0.554. The highest BCUT2D eigenvalue weighted by molar-refractivity contribution is 6.01. The van der Waals surface area contributed by atoms with Gasteiger partial charge in [-0.05, 0) is 33.4 Å². The van der Waals surface area contributed by atoms with E-state index in [4.69, 9.17) is 4.74 Å². The molecule has 2 heteroatoms. The minimum absolute atomic E-state index is 0.135. The second kappa shape index (κ2) is 5.79. The van der Waals surface area contributed by atoms with Crippen LogP contribution in [0.4, 0.5) is 0 Å². The molecule has 0 spiro atoms. The molecule has 0 saturated carbocycles. The van der Waals surface area contributed by atoms with Crippen molar-refractivity contribution >= 4 is 5.78 Å². The average molecular weight is 338 g/mol. The van der Waals surface area contributed by atoms with Crippen LogP contribution in [0.25, 0.3) is 22.3 Å². The van der Waals surface area contributed by atoms with Crippen LogP contribution < -0.4 is 0 Å². The number of ether oxygens (including phenoxy) is 1. The minimum Gasteiger partial charge on any atom is -0.372 e. The molecule has 0 bridgehead atoms. The number of rotatable bonds is 2. The Hall–Kier alpha value is -2.97. The molecular weight excluding hydrogens is 320 g/mol. The summed E-state index contributed by atoms with van der Waals surface area (Å²) >= 11 is 0. The number of carbonyl (C=O) groups excluding carboxylic acids is 1. The van der Waals surface area contributed by atoms with Crippen molar-refractivity contribution in [3.8, 4) is 22.3 Å². The van der Waals surface area contributed by atoms with E-state index in [1.165, 1.54) is 0 Å². The zero-order valence-electron chi connectivity index (χ0n) is 14.3. The number of ketones is 1. The lowest BCUT2D eigenvalue weighted by Gasteiger charge is -2.28. The highest BCUT2D eigenvalue weighted by atomic mass is 16.5. The van der Waals surface area contributed by atoms with Crippen molar-refractivity contribution in [1.82, 2.24) is 0 Å². The van der Waals surface area contributed by atoms with E-state index in [0.717, 1.165) is 33.4 Å². The molecule has 1 saturated heterocycles. The van der Waals surface area contributed by atoms with Gasteiger partial charge in [0.2, 0.25) is 0 Å². The number of hydrogen-bond acceptors (Lipinski definition) is 2. The Balaban J connectivity index is 1.81. The van der Waals surface area contributed by atoms with Gasteiger partial charge >= 0.3 is 0 Å². The molecule has 0 atom stereocenters. The SMILES string of the molecule is O=C1COCC1(c1ccc2cccccc1-2)c1ccc2cccccc1-2. The Morgan fingerprint density at radius 2 is 1.19 bits per heavy atom. The second-order valence-electron chi connectivity index (χ2n) is 6.87. The summed E-state index contributed by atoms with van der Waals surface area (Å²) in [4.78, 5) is 13.2. The van der Waals surface area contributed by atoms with E-state index in [9.17, 15) is 4.79 Å². The fraction of sp³-hybridized carbons (Fsp3) is 0.125. The lowest BCUT2D eigenvalue weighted by Crippen LogP contribution is -2.36. The third-order valence-electron chi connectivity index (χ3n) is 5.53. The first-order valence-electron chi connectivity index (χ1n) is 8.88. The molecule has 0 radical (unpaired) electrons. The Morgan fingerprint density at radius 1 is 0.654 bits per heavy atom. The molecule has 5 aliphatic rings. The number of Topliss-reactive ketones (excluding diaryl/α,β-unsaturated/α-hetero) is 1. The summed E-state index contributed by atoms with van der Waals surface area (Å²) in [5.74, 6) is 0.135. The summed E-state index contributed by atoms with van der Waals surface area (Å²) in [5, 5.41) is 0. The first-order valence-corrected chi connectivity index (χ1v) is 8.88. The monoisotopic (exact) mass is 338 g/mol. The topological polar surface area (TPSA) is 26.3 Å². The maximum Gasteiger partial charge on any atom is 0.175 e. The van der Waals surface area contributed by atoms with Crippen molar-refractivity contribution < 1.29 is 9.53 Å². The Kier molecular flexibility index (Phi) is 3.41. The lowest BCUT2D eigenvalue weighted by atomic mass is 9.72. The van der Waals surface area contributed by atoms with Gasteiger partial charge in [0, 0.05) is 0 Å². The van der Waals surface area contributed by atoms with Gasteiger partial charge in [-0.1, -0.05) is 84.9 Å². The summed E-state index contributed by atoms with van der Waals surface area (Å²) in [7, 11) is 0. The molecule has 0 N–H and O–H groups in total. The minimum atomic E-state index is -0.744. The van der Waals surface area contributed by atoms with E-state index in [2.05, 4.69) is 48.5 Å². The van der Waals surface area contributed by atoms with Gasteiger partial charge in [-0.3, -0.25) is 4.79 Å². The van der Waals surface area contributed by atoms with Gasteiger partial charge in [-0.15, -0.1) is 0 Å². The van der Waals surface area contributed by atoms with E-state index >= 15 is 0 Å². The number of carbonyl (C=O) groups is 1. The van der Waals surface area contributed by atoms with Gasteiger partial charge < -0.3 is 4.74 Å². The molecule has 0 aromatic carbocycles. The molecule has 1 heterocycles. The van der Waals surface area contributed by atoms with Crippen molar-refractivity contribution in [2.24, 2.45) is 0 Å². The first kappa shape index (κ1) is 15.3. The van der Waals surface area contributed by atoms with E-state index in [0.29, 0.717) is 6.61 Å². The highest BCUT2D eigenvalue weighted by Gasteiger charge is 2.49. The molecule has 4 aliphatic carbocycles. The molecule has 0 amide bonds. The first-order chi connectivity index (χ1) is 12.8. The quantitative estimate of drug-likeness (QED) is 0.526. The van der Waals surface area contributed by atoms with E-state index in [1.54, 1.807) is 0 Å². The van der Waals surface area contributed by atoms with Crippen LogP contribution in [-0.4, -0.2) is 19.0 Å². The molecule has 2 nitrogen and oxygen atoms in total. The summed E-state index contributed by atoms with van der Waals surface area (Å²) in [6.07, 6.45) is 0. The van der Waals surface area contributed by atoms with Gasteiger partial charge in [0.05, 0.1) is 6.61 Å². The average Bonchev–Trinajstić information content (AvgIpc) is 3.23. The van der Waals surface area contributed by atoms with Gasteiger partial charge in [0.15, 0.2) is 5.78 Å². The maximum absolute atomic E-state index is 13.2. The van der Waals surface area contributed by atoms with Crippen LogP contribution in [0.2, 0.25) is 0 Å². The fourth-order valence-corrected chi connectivity index (χ4v) is 4.28. The predicted octanol–water partition coefficient (Wildman–Crippen LogP) is 4.78. The molecule has 5 rings (SSSR count). The Labute approximate surface area is 152 Å². The lowest BCUT2D eigenvalue weighted by molar-refractivity contribution is -0.120. The molecule has 126 valence electrons. The fourth-order valence-electron chi connectivity index (χ4n) is 4.28. The Morgan fingerprint density at radius 3 is 1.69 bits per heavy atom. The Bertz CT molecular complexity index is 977. The standard InChI is InChI=1S/C24H18O2/c25-23-15-26-16-24(23,21-13-11-17-7-3-1-5-9-19(17)21)22-14-12-18-8-4-2-6-10-20(18)22/h1-14H,15-16H2. The van der Waals surface area contributed by atoms with Gasteiger partial charge in [-0.2, -0.15) is 0 Å². The molecule has 0 unspecified atom stereocenters. The van der Waals surface area contributed by atoms with Crippen LogP contribution in [0.1, 0.15) is 11.1 Å². The number of hydrogen-bond donors (Lipinski definition) is 0. The van der Waals surface area contributed by atoms with Crippen molar-refractivity contribution in [2.45, 2.75) is 5.41 Å². The molecule has 26 heavy (non-hydrogen) atoms. The van der Waals surface area contributed by atoms with Crippen molar-refractivity contribution in [1.29, 1.82) is 0 Å². The van der Waals surface area contributed by atoms with Crippen molar-refractivity contribution in [3.05, 3.63) is 96.1 Å². The maximum atomic E-state index is 13.2. The van der Waals surface area contributed by atoms with Crippen molar-refractivity contribution in [2.75, 3.05) is 13.2 Å². The van der Waals surface area contributed by atoms with Crippen LogP contribution in [0.5, 0.6) is 0 Å². The van der Waals surface area contributed by atoms with E-state index in [-0.39, 0.29) is 12.4 Å². The summed E-state index contributed by atoms with van der Waals surface area (Å²) < 4.78 is 5.72. The van der Waals surface area contributed by atoms with Crippen molar-refractivity contribution in [3.63, 3.8) is 0 Å². The highest BCUT2D eigenvalue weighted by Crippen LogP contribution is 2.47.